The van der Waals surface area contributed by atoms with Crippen molar-refractivity contribution in [2.24, 2.45) is 0 Å². The fourth-order valence-electron chi connectivity index (χ4n) is 3.68. The minimum Gasteiger partial charge on any atom is -1.00 e. The Kier molecular flexibility index (Phi) is 6.87. The van der Waals surface area contributed by atoms with Gasteiger partial charge in [-0.2, -0.15) is 10.5 Å². The van der Waals surface area contributed by atoms with E-state index in [0.717, 1.165) is 33.4 Å². The molecule has 6 nitrogen and oxygen atoms in total. The Bertz CT molecular complexity index is 1270. The van der Waals surface area contributed by atoms with Crippen LogP contribution in [0, 0.1) is 22.7 Å². The summed E-state index contributed by atoms with van der Waals surface area (Å²) in [6.45, 7) is 1.14. The summed E-state index contributed by atoms with van der Waals surface area (Å²) in [7, 11) is 0. The molecule has 4 aromatic rings. The smallest absolute Gasteiger partial charge is 0.239 e. The van der Waals surface area contributed by atoms with Crippen LogP contribution < -0.4 is 27.6 Å². The molecule has 0 spiro atoms. The van der Waals surface area contributed by atoms with Gasteiger partial charge in [-0.25, -0.2) is 4.98 Å². The molecule has 0 aliphatic heterocycles. The van der Waals surface area contributed by atoms with Crippen LogP contribution in [-0.2, 0) is 0 Å². The molecule has 0 unspecified atom stereocenters. The van der Waals surface area contributed by atoms with Crippen molar-refractivity contribution in [1.82, 2.24) is 4.98 Å². The van der Waals surface area contributed by atoms with E-state index in [4.69, 9.17) is 21.2 Å². The van der Waals surface area contributed by atoms with Gasteiger partial charge in [-0.3, -0.25) is 0 Å². The molecule has 2 N–H and O–H groups in total. The van der Waals surface area contributed by atoms with Gasteiger partial charge in [0, 0.05) is 43.0 Å². The molecule has 0 radical (unpaired) electrons. The lowest BCUT2D eigenvalue weighted by Gasteiger charge is -2.22. The van der Waals surface area contributed by atoms with Crippen molar-refractivity contribution < 1.29 is 17.0 Å². The first kappa shape index (κ1) is 21.8. The van der Waals surface area contributed by atoms with Gasteiger partial charge < -0.3 is 23.0 Å². The number of benzene rings is 3. The van der Waals surface area contributed by atoms with Crippen LogP contribution in [0.4, 0.5) is 11.4 Å². The molecule has 3 aromatic carbocycles. The van der Waals surface area contributed by atoms with Gasteiger partial charge >= 0.3 is 0 Å². The Hall–Kier alpha value is -3.87. The average molecular weight is 429 g/mol. The summed E-state index contributed by atoms with van der Waals surface area (Å²) >= 11 is 0. The number of para-hydroxylation sites is 2. The number of aromatic nitrogens is 2. The fraction of sp³-hybridized carbons (Fsp3) is 0.167. The monoisotopic (exact) mass is 428 g/mol. The van der Waals surface area contributed by atoms with E-state index in [1.807, 2.05) is 48.5 Å². The van der Waals surface area contributed by atoms with Gasteiger partial charge in [-0.05, 0) is 18.2 Å². The number of nitriles is 2. The summed E-state index contributed by atoms with van der Waals surface area (Å²) in [5.41, 5.74) is 12.3. The highest BCUT2D eigenvalue weighted by atomic mass is 35.5. The predicted molar refractivity (Wildman–Crippen MR) is 118 cm³/mol. The molecule has 4 rings (SSSR count). The van der Waals surface area contributed by atoms with E-state index in [1.54, 1.807) is 0 Å². The summed E-state index contributed by atoms with van der Waals surface area (Å²) in [5.74, 6) is 0. The predicted octanol–water partition coefficient (Wildman–Crippen LogP) is 0.885. The van der Waals surface area contributed by atoms with Crippen LogP contribution >= 0.6 is 0 Å². The van der Waals surface area contributed by atoms with Crippen molar-refractivity contribution >= 4 is 33.4 Å². The maximum absolute atomic E-state index is 9.03. The van der Waals surface area contributed by atoms with Gasteiger partial charge in [-0.15, -0.1) is 4.57 Å². The van der Waals surface area contributed by atoms with E-state index in [2.05, 4.69) is 39.8 Å². The number of nitrogens with two attached hydrogens (primary N) is 1. The lowest BCUT2D eigenvalue weighted by molar-refractivity contribution is -0.538. The van der Waals surface area contributed by atoms with Crippen LogP contribution in [0.25, 0.3) is 27.8 Å². The standard InChI is InChI=1S/C24H20N6.ClH/c25-13-5-15-29(16-6-14-26)19-11-12-21-23(17-19)30(18-7-2-1-3-8-18)22-10-4-9-20(27)24(22)28-21;/h1-4,7-12,17,27H,5-6,15-16H2;1H. The zero-order chi connectivity index (χ0) is 20.9. The van der Waals surface area contributed by atoms with Crippen LogP contribution in [0.2, 0.25) is 0 Å². The van der Waals surface area contributed by atoms with Crippen LogP contribution in [0.1, 0.15) is 12.8 Å². The number of fused-ring (bicyclic) bond motifs is 2. The van der Waals surface area contributed by atoms with Crippen molar-refractivity contribution in [2.45, 2.75) is 12.8 Å². The minimum atomic E-state index is 0. The Morgan fingerprint density at radius 3 is 2.26 bits per heavy atom. The van der Waals surface area contributed by atoms with Crippen molar-refractivity contribution in [3.05, 3.63) is 66.7 Å². The molecule has 0 bridgehead atoms. The maximum Gasteiger partial charge on any atom is 0.239 e. The molecule has 7 heteroatoms. The van der Waals surface area contributed by atoms with Gasteiger partial charge in [-0.1, -0.05) is 24.3 Å². The first-order valence-electron chi connectivity index (χ1n) is 9.81. The van der Waals surface area contributed by atoms with Gasteiger partial charge in [0.25, 0.3) is 0 Å². The van der Waals surface area contributed by atoms with Gasteiger partial charge in [0.2, 0.25) is 16.7 Å². The first-order valence-corrected chi connectivity index (χ1v) is 9.81. The first-order chi connectivity index (χ1) is 14.7. The van der Waals surface area contributed by atoms with E-state index in [0.29, 0.717) is 31.6 Å². The summed E-state index contributed by atoms with van der Waals surface area (Å²) < 4.78 is 2.16. The Labute approximate surface area is 187 Å². The Morgan fingerprint density at radius 1 is 0.871 bits per heavy atom. The highest BCUT2D eigenvalue weighted by Gasteiger charge is 2.21. The van der Waals surface area contributed by atoms with Gasteiger partial charge in [0.15, 0.2) is 5.52 Å². The lowest BCUT2D eigenvalue weighted by Crippen LogP contribution is -3.00. The summed E-state index contributed by atoms with van der Waals surface area (Å²) in [6, 6.07) is 26.3. The molecule has 0 amide bonds. The van der Waals surface area contributed by atoms with Crippen LogP contribution in [0.15, 0.2) is 66.7 Å². The molecule has 1 aromatic heterocycles. The molecule has 0 aliphatic carbocycles. The largest absolute Gasteiger partial charge is 1.00 e. The third kappa shape index (κ3) is 4.35. The molecule has 0 atom stereocenters. The van der Waals surface area contributed by atoms with E-state index in [1.165, 1.54) is 0 Å². The Balaban J connectivity index is 0.00000272. The van der Waals surface area contributed by atoms with E-state index in [-0.39, 0.29) is 12.4 Å². The molecule has 0 saturated carbocycles. The van der Waals surface area contributed by atoms with Gasteiger partial charge in [0.1, 0.15) is 5.52 Å². The number of hydrogen-bond donors (Lipinski definition) is 1. The summed E-state index contributed by atoms with van der Waals surface area (Å²) in [4.78, 5) is 6.89. The molecule has 31 heavy (non-hydrogen) atoms. The molecule has 0 saturated heterocycles. The third-order valence-electron chi connectivity index (χ3n) is 5.09. The molecule has 154 valence electrons. The number of nitrogens with zero attached hydrogens (tertiary/aromatic N) is 5. The average Bonchev–Trinajstić information content (AvgIpc) is 2.78. The SMILES string of the molecule is N#CCCN(CCC#N)c1ccc2nc3c(N)cccc3[n+](-c3ccccc3)c2c1.[Cl-]. The molecular formula is C24H21ClN6. The second-order valence-electron chi connectivity index (χ2n) is 6.97. The molecule has 0 fully saturated rings. The molecule has 0 aliphatic rings. The van der Waals surface area contributed by atoms with E-state index in [9.17, 15) is 0 Å². The van der Waals surface area contributed by atoms with Crippen molar-refractivity contribution in [3.8, 4) is 17.8 Å². The summed E-state index contributed by atoms with van der Waals surface area (Å²) in [5, 5.41) is 18.1. The van der Waals surface area contributed by atoms with Crippen LogP contribution in [0.5, 0.6) is 0 Å². The number of hydrogen-bond acceptors (Lipinski definition) is 5. The fourth-order valence-corrected chi connectivity index (χ4v) is 3.68. The van der Waals surface area contributed by atoms with Crippen molar-refractivity contribution in [1.29, 1.82) is 10.5 Å². The maximum atomic E-state index is 9.03. The zero-order valence-corrected chi connectivity index (χ0v) is 17.6. The number of rotatable bonds is 6. The Morgan fingerprint density at radius 2 is 1.58 bits per heavy atom. The van der Waals surface area contributed by atoms with Crippen molar-refractivity contribution in [2.75, 3.05) is 23.7 Å². The topological polar surface area (TPSA) is 93.6 Å². The molecular weight excluding hydrogens is 408 g/mol. The van der Waals surface area contributed by atoms with E-state index >= 15 is 0 Å². The van der Waals surface area contributed by atoms with Crippen LogP contribution in [0.3, 0.4) is 0 Å². The number of halogens is 1. The number of anilines is 2. The van der Waals surface area contributed by atoms with Crippen molar-refractivity contribution in [3.63, 3.8) is 0 Å². The quantitative estimate of drug-likeness (QED) is 0.279. The summed E-state index contributed by atoms with van der Waals surface area (Å²) in [6.07, 6.45) is 0.795. The second-order valence-corrected chi connectivity index (χ2v) is 6.97. The van der Waals surface area contributed by atoms with Gasteiger partial charge in [0.05, 0.1) is 30.7 Å². The normalized spacial score (nSPS) is 10.3. The lowest BCUT2D eigenvalue weighted by atomic mass is 10.1. The highest BCUT2D eigenvalue weighted by Crippen LogP contribution is 2.25. The highest BCUT2D eigenvalue weighted by molar-refractivity contribution is 5.90. The third-order valence-corrected chi connectivity index (χ3v) is 5.09. The zero-order valence-electron chi connectivity index (χ0n) is 16.9. The van der Waals surface area contributed by atoms with E-state index < -0.39 is 0 Å². The van der Waals surface area contributed by atoms with Crippen LogP contribution in [-0.4, -0.2) is 18.1 Å². The minimum absolute atomic E-state index is 0. The second kappa shape index (κ2) is 9.75. The number of nitrogen functional groups attached to an aromatic ring is 1. The molecule has 1 heterocycles.